The molecule has 0 fully saturated rings. The number of fused-ring (bicyclic) bond motifs is 1. The van der Waals surface area contributed by atoms with E-state index in [0.29, 0.717) is 18.1 Å². The predicted octanol–water partition coefficient (Wildman–Crippen LogP) is 2.85. The summed E-state index contributed by atoms with van der Waals surface area (Å²) in [7, 11) is 0. The van der Waals surface area contributed by atoms with Crippen molar-refractivity contribution in [1.82, 2.24) is 10.3 Å². The Balaban J connectivity index is 1.72. The third-order valence-corrected chi connectivity index (χ3v) is 4.18. The van der Waals surface area contributed by atoms with Gasteiger partial charge >= 0.3 is 0 Å². The Morgan fingerprint density at radius 2 is 2.10 bits per heavy atom. The van der Waals surface area contributed by atoms with Gasteiger partial charge in [0.2, 0.25) is 0 Å². The van der Waals surface area contributed by atoms with Crippen LogP contribution in [0.2, 0.25) is 0 Å². The molecule has 0 bridgehead atoms. The van der Waals surface area contributed by atoms with Crippen molar-refractivity contribution in [2.24, 2.45) is 0 Å². The minimum Gasteiger partial charge on any atom is -0.383 e. The molecule has 3 N–H and O–H groups in total. The summed E-state index contributed by atoms with van der Waals surface area (Å²) in [4.78, 5) is 17.6. The number of nitrogens with two attached hydrogens (primary N) is 1. The molecule has 5 heteroatoms. The number of nitrogen functional groups attached to an aromatic ring is 1. The van der Waals surface area contributed by atoms with Gasteiger partial charge in [0.15, 0.2) is 0 Å². The molecule has 3 aromatic rings. The average molecular weight is 297 g/mol. The highest BCUT2D eigenvalue weighted by Gasteiger charge is 2.10. The van der Waals surface area contributed by atoms with E-state index >= 15 is 0 Å². The van der Waals surface area contributed by atoms with Crippen LogP contribution in [0.3, 0.4) is 0 Å². The molecule has 21 heavy (non-hydrogen) atoms. The average Bonchev–Trinajstić information content (AvgIpc) is 3.00. The molecule has 2 aromatic heterocycles. The summed E-state index contributed by atoms with van der Waals surface area (Å²) in [5.41, 5.74) is 6.27. The second-order valence-electron chi connectivity index (χ2n) is 4.70. The summed E-state index contributed by atoms with van der Waals surface area (Å²) >= 11 is 1.69. The molecule has 4 nitrogen and oxygen atoms in total. The van der Waals surface area contributed by atoms with Gasteiger partial charge in [-0.3, -0.25) is 4.79 Å². The van der Waals surface area contributed by atoms with Gasteiger partial charge in [-0.15, -0.1) is 11.3 Å². The van der Waals surface area contributed by atoms with E-state index in [1.165, 1.54) is 4.88 Å². The molecule has 0 unspecified atom stereocenters. The van der Waals surface area contributed by atoms with E-state index in [0.717, 1.165) is 17.2 Å². The fraction of sp³-hybridized carbons (Fsp3) is 0.125. The molecule has 106 valence electrons. The van der Waals surface area contributed by atoms with E-state index in [1.807, 2.05) is 35.7 Å². The number of benzene rings is 1. The van der Waals surface area contributed by atoms with Crippen LogP contribution in [0.4, 0.5) is 5.82 Å². The van der Waals surface area contributed by atoms with Gasteiger partial charge in [0.05, 0.1) is 0 Å². The number of hydrogen-bond donors (Lipinski definition) is 2. The maximum atomic E-state index is 12.1. The Bertz CT molecular complexity index is 768. The van der Waals surface area contributed by atoms with Crippen LogP contribution < -0.4 is 11.1 Å². The zero-order chi connectivity index (χ0) is 14.7. The minimum atomic E-state index is -0.191. The number of carbonyl (C=O) groups excluding carboxylic acids is 1. The number of pyridine rings is 1. The highest BCUT2D eigenvalue weighted by Crippen LogP contribution is 2.19. The quantitative estimate of drug-likeness (QED) is 0.778. The molecule has 0 aliphatic rings. The predicted molar refractivity (Wildman–Crippen MR) is 86.5 cm³/mol. The number of nitrogens with one attached hydrogen (secondary N) is 1. The first-order valence-corrected chi connectivity index (χ1v) is 7.58. The second kappa shape index (κ2) is 5.93. The van der Waals surface area contributed by atoms with Crippen LogP contribution >= 0.6 is 11.3 Å². The molecule has 2 heterocycles. The minimum absolute atomic E-state index is 0.191. The number of carbonyl (C=O) groups is 1. The maximum absolute atomic E-state index is 12.1. The lowest BCUT2D eigenvalue weighted by Crippen LogP contribution is -2.26. The molecule has 0 spiro atoms. The van der Waals surface area contributed by atoms with Crippen LogP contribution in [0, 0.1) is 0 Å². The number of amides is 1. The van der Waals surface area contributed by atoms with Crippen LogP contribution in [0.15, 0.2) is 47.8 Å². The van der Waals surface area contributed by atoms with Crippen molar-refractivity contribution in [1.29, 1.82) is 0 Å². The normalized spacial score (nSPS) is 10.7. The smallest absolute Gasteiger partial charge is 0.270 e. The summed E-state index contributed by atoms with van der Waals surface area (Å²) < 4.78 is 0. The van der Waals surface area contributed by atoms with Crippen molar-refractivity contribution in [3.8, 4) is 0 Å². The van der Waals surface area contributed by atoms with Crippen LogP contribution in [0.1, 0.15) is 15.4 Å². The lowest BCUT2D eigenvalue weighted by molar-refractivity contribution is 0.0949. The highest BCUT2D eigenvalue weighted by atomic mass is 32.1. The van der Waals surface area contributed by atoms with Gasteiger partial charge in [0.1, 0.15) is 11.5 Å². The Hall–Kier alpha value is -2.40. The topological polar surface area (TPSA) is 68.0 Å². The van der Waals surface area contributed by atoms with E-state index in [-0.39, 0.29) is 5.91 Å². The maximum Gasteiger partial charge on any atom is 0.270 e. The molecule has 3 rings (SSSR count). The standard InChI is InChI=1S/C16H15N3OS/c17-15-13-6-2-1-4-11(13)10-14(19-15)16(20)18-8-7-12-5-3-9-21-12/h1-6,9-10H,7-8H2,(H2,17,19)(H,18,20). The van der Waals surface area contributed by atoms with Crippen LogP contribution in [-0.2, 0) is 6.42 Å². The first-order chi connectivity index (χ1) is 10.2. The number of nitrogens with zero attached hydrogens (tertiary/aromatic N) is 1. The van der Waals surface area contributed by atoms with Crippen LogP contribution in [-0.4, -0.2) is 17.4 Å². The van der Waals surface area contributed by atoms with Crippen molar-refractivity contribution >= 4 is 33.8 Å². The lowest BCUT2D eigenvalue weighted by Gasteiger charge is -2.07. The van der Waals surface area contributed by atoms with Gasteiger partial charge in [-0.05, 0) is 29.3 Å². The van der Waals surface area contributed by atoms with Crippen molar-refractivity contribution in [2.45, 2.75) is 6.42 Å². The Kier molecular flexibility index (Phi) is 3.83. The SMILES string of the molecule is Nc1nc(C(=O)NCCc2cccs2)cc2ccccc12. The largest absolute Gasteiger partial charge is 0.383 e. The Morgan fingerprint density at radius 1 is 1.24 bits per heavy atom. The Labute approximate surface area is 126 Å². The van der Waals surface area contributed by atoms with E-state index in [1.54, 1.807) is 17.4 Å². The summed E-state index contributed by atoms with van der Waals surface area (Å²) in [6.07, 6.45) is 0.826. The number of rotatable bonds is 4. The number of thiophene rings is 1. The fourth-order valence-corrected chi connectivity index (χ4v) is 2.90. The van der Waals surface area contributed by atoms with E-state index < -0.39 is 0 Å². The van der Waals surface area contributed by atoms with E-state index in [4.69, 9.17) is 5.73 Å². The van der Waals surface area contributed by atoms with Gasteiger partial charge in [0, 0.05) is 16.8 Å². The monoisotopic (exact) mass is 297 g/mol. The van der Waals surface area contributed by atoms with Crippen molar-refractivity contribution in [3.05, 3.63) is 58.4 Å². The second-order valence-corrected chi connectivity index (χ2v) is 5.73. The number of anilines is 1. The molecule has 0 aliphatic heterocycles. The van der Waals surface area contributed by atoms with Crippen LogP contribution in [0.25, 0.3) is 10.8 Å². The lowest BCUT2D eigenvalue weighted by atomic mass is 10.1. The first-order valence-electron chi connectivity index (χ1n) is 6.70. The van der Waals surface area contributed by atoms with Gasteiger partial charge in [-0.1, -0.05) is 30.3 Å². The summed E-state index contributed by atoms with van der Waals surface area (Å²) in [5, 5.41) is 6.70. The summed E-state index contributed by atoms with van der Waals surface area (Å²) in [6, 6.07) is 13.5. The molecule has 0 aliphatic carbocycles. The molecular formula is C16H15N3OS. The molecule has 0 saturated carbocycles. The zero-order valence-corrected chi connectivity index (χ0v) is 12.2. The van der Waals surface area contributed by atoms with Crippen LogP contribution in [0.5, 0.6) is 0 Å². The van der Waals surface area contributed by atoms with Gasteiger partial charge in [-0.25, -0.2) is 4.98 Å². The van der Waals surface area contributed by atoms with Crippen molar-refractivity contribution in [2.75, 3.05) is 12.3 Å². The number of hydrogen-bond acceptors (Lipinski definition) is 4. The molecule has 0 atom stereocenters. The molecule has 1 aromatic carbocycles. The van der Waals surface area contributed by atoms with E-state index in [9.17, 15) is 4.79 Å². The van der Waals surface area contributed by atoms with Gasteiger partial charge in [0.25, 0.3) is 5.91 Å². The highest BCUT2D eigenvalue weighted by molar-refractivity contribution is 7.09. The zero-order valence-electron chi connectivity index (χ0n) is 11.4. The summed E-state index contributed by atoms with van der Waals surface area (Å²) in [6.45, 7) is 0.591. The molecule has 1 amide bonds. The number of aromatic nitrogens is 1. The Morgan fingerprint density at radius 3 is 2.90 bits per heavy atom. The van der Waals surface area contributed by atoms with E-state index in [2.05, 4.69) is 16.4 Å². The molecule has 0 radical (unpaired) electrons. The van der Waals surface area contributed by atoms with Crippen molar-refractivity contribution < 1.29 is 4.79 Å². The third-order valence-electron chi connectivity index (χ3n) is 3.24. The molecule has 0 saturated heterocycles. The fourth-order valence-electron chi connectivity index (χ4n) is 2.19. The third kappa shape index (κ3) is 3.03. The van der Waals surface area contributed by atoms with Gasteiger partial charge < -0.3 is 11.1 Å². The van der Waals surface area contributed by atoms with Crippen molar-refractivity contribution in [3.63, 3.8) is 0 Å². The molecular weight excluding hydrogens is 282 g/mol. The first kappa shape index (κ1) is 13.6. The summed E-state index contributed by atoms with van der Waals surface area (Å²) in [5.74, 6) is 0.195. The van der Waals surface area contributed by atoms with Gasteiger partial charge in [-0.2, -0.15) is 0 Å².